The lowest BCUT2D eigenvalue weighted by Crippen LogP contribution is -2.02. The van der Waals surface area contributed by atoms with Gasteiger partial charge in [-0.15, -0.1) is 0 Å². The van der Waals surface area contributed by atoms with Gasteiger partial charge in [-0.25, -0.2) is 9.97 Å². The molecule has 2 rings (SSSR count). The molecule has 1 heterocycles. The molecule has 16 heavy (non-hydrogen) atoms. The van der Waals surface area contributed by atoms with Crippen molar-refractivity contribution in [1.29, 1.82) is 0 Å². The smallest absolute Gasteiger partial charge is 0.217 e. The molecule has 2 aromatic rings. The van der Waals surface area contributed by atoms with Gasteiger partial charge in [0, 0.05) is 17.6 Å². The van der Waals surface area contributed by atoms with Gasteiger partial charge < -0.3 is 5.32 Å². The maximum absolute atomic E-state index is 12.7. The van der Waals surface area contributed by atoms with Gasteiger partial charge in [-0.1, -0.05) is 23.7 Å². The molecule has 0 saturated carbocycles. The Morgan fingerprint density at radius 2 is 1.94 bits per heavy atom. The number of hydrogen-bond donors (Lipinski definition) is 1. The third-order valence-electron chi connectivity index (χ3n) is 2.02. The standard InChI is InChI=1S/C11H9ClFN3/c12-9-3-1-8(2-4-9)6-14-11-5-10(13)15-7-16-11/h1-5,7H,6H2,(H,14,15,16). The van der Waals surface area contributed by atoms with Crippen molar-refractivity contribution in [3.8, 4) is 0 Å². The van der Waals surface area contributed by atoms with Crippen molar-refractivity contribution in [2.75, 3.05) is 5.32 Å². The normalized spacial score (nSPS) is 10.1. The van der Waals surface area contributed by atoms with Gasteiger partial charge in [0.1, 0.15) is 12.1 Å². The molecule has 0 saturated heterocycles. The highest BCUT2D eigenvalue weighted by molar-refractivity contribution is 6.30. The van der Waals surface area contributed by atoms with E-state index in [9.17, 15) is 4.39 Å². The Labute approximate surface area is 97.3 Å². The highest BCUT2D eigenvalue weighted by Gasteiger charge is 1.97. The van der Waals surface area contributed by atoms with Crippen LogP contribution in [0.25, 0.3) is 0 Å². The second-order valence-corrected chi connectivity index (χ2v) is 3.64. The molecule has 0 aliphatic rings. The summed E-state index contributed by atoms with van der Waals surface area (Å²) in [4.78, 5) is 7.26. The largest absolute Gasteiger partial charge is 0.366 e. The average molecular weight is 238 g/mol. The van der Waals surface area contributed by atoms with Crippen LogP contribution in [-0.4, -0.2) is 9.97 Å². The maximum Gasteiger partial charge on any atom is 0.217 e. The van der Waals surface area contributed by atoms with Crippen molar-refractivity contribution in [2.24, 2.45) is 0 Å². The summed E-state index contributed by atoms with van der Waals surface area (Å²) in [6.45, 7) is 0.563. The van der Waals surface area contributed by atoms with Crippen LogP contribution in [0, 0.1) is 5.95 Å². The Kier molecular flexibility index (Phi) is 3.31. The predicted octanol–water partition coefficient (Wildman–Crippen LogP) is 2.88. The molecule has 0 amide bonds. The zero-order valence-electron chi connectivity index (χ0n) is 8.32. The van der Waals surface area contributed by atoms with Crippen LogP contribution >= 0.6 is 11.6 Å². The van der Waals surface area contributed by atoms with E-state index in [1.54, 1.807) is 12.1 Å². The highest BCUT2D eigenvalue weighted by Crippen LogP contribution is 2.11. The number of anilines is 1. The third-order valence-corrected chi connectivity index (χ3v) is 2.27. The van der Waals surface area contributed by atoms with Crippen LogP contribution in [0.2, 0.25) is 5.02 Å². The molecule has 82 valence electrons. The summed E-state index contributed by atoms with van der Waals surface area (Å²) in [5, 5.41) is 3.68. The fourth-order valence-corrected chi connectivity index (χ4v) is 1.35. The first-order chi connectivity index (χ1) is 7.74. The van der Waals surface area contributed by atoms with Crippen LogP contribution in [0.5, 0.6) is 0 Å². The molecule has 3 nitrogen and oxygen atoms in total. The number of nitrogens with zero attached hydrogens (tertiary/aromatic N) is 2. The van der Waals surface area contributed by atoms with Crippen LogP contribution in [0.15, 0.2) is 36.7 Å². The third kappa shape index (κ3) is 2.90. The van der Waals surface area contributed by atoms with E-state index in [2.05, 4.69) is 15.3 Å². The number of nitrogens with one attached hydrogen (secondary N) is 1. The molecule has 0 radical (unpaired) electrons. The van der Waals surface area contributed by atoms with Crippen molar-refractivity contribution in [3.63, 3.8) is 0 Å². The lowest BCUT2D eigenvalue weighted by atomic mass is 10.2. The van der Waals surface area contributed by atoms with Gasteiger partial charge >= 0.3 is 0 Å². The monoisotopic (exact) mass is 237 g/mol. The summed E-state index contributed by atoms with van der Waals surface area (Å²) in [7, 11) is 0. The SMILES string of the molecule is Fc1cc(NCc2ccc(Cl)cc2)ncn1. The summed E-state index contributed by atoms with van der Waals surface area (Å²) in [6.07, 6.45) is 1.18. The summed E-state index contributed by atoms with van der Waals surface area (Å²) < 4.78 is 12.7. The topological polar surface area (TPSA) is 37.8 Å². The first kappa shape index (κ1) is 10.8. The number of rotatable bonds is 3. The molecule has 0 aliphatic carbocycles. The van der Waals surface area contributed by atoms with Crippen LogP contribution < -0.4 is 5.32 Å². The molecule has 0 unspecified atom stereocenters. The van der Waals surface area contributed by atoms with Gasteiger partial charge in [-0.2, -0.15) is 4.39 Å². The molecule has 1 aromatic carbocycles. The number of aromatic nitrogens is 2. The van der Waals surface area contributed by atoms with E-state index in [0.29, 0.717) is 17.4 Å². The highest BCUT2D eigenvalue weighted by atomic mass is 35.5. The molecular weight excluding hydrogens is 229 g/mol. The van der Waals surface area contributed by atoms with Crippen molar-refractivity contribution in [3.05, 3.63) is 53.2 Å². The van der Waals surface area contributed by atoms with Gasteiger partial charge in [0.15, 0.2) is 0 Å². The number of hydrogen-bond acceptors (Lipinski definition) is 3. The molecular formula is C11H9ClFN3. The molecule has 0 atom stereocenters. The zero-order chi connectivity index (χ0) is 11.4. The van der Waals surface area contributed by atoms with E-state index in [0.717, 1.165) is 5.56 Å². The minimum Gasteiger partial charge on any atom is -0.366 e. The quantitative estimate of drug-likeness (QED) is 0.835. The lowest BCUT2D eigenvalue weighted by Gasteiger charge is -2.05. The maximum atomic E-state index is 12.7. The van der Waals surface area contributed by atoms with Crippen molar-refractivity contribution in [2.45, 2.75) is 6.54 Å². The second kappa shape index (κ2) is 4.90. The van der Waals surface area contributed by atoms with E-state index in [4.69, 9.17) is 11.6 Å². The van der Waals surface area contributed by atoms with E-state index in [1.165, 1.54) is 12.4 Å². The molecule has 0 spiro atoms. The van der Waals surface area contributed by atoms with Crippen LogP contribution in [0.3, 0.4) is 0 Å². The first-order valence-electron chi connectivity index (χ1n) is 4.70. The summed E-state index contributed by atoms with van der Waals surface area (Å²) in [5.41, 5.74) is 1.04. The van der Waals surface area contributed by atoms with Gasteiger partial charge in [0.05, 0.1) is 0 Å². The fourth-order valence-electron chi connectivity index (χ4n) is 1.23. The Bertz CT molecular complexity index is 473. The van der Waals surface area contributed by atoms with Crippen molar-refractivity contribution >= 4 is 17.4 Å². The number of halogens is 2. The van der Waals surface area contributed by atoms with Crippen LogP contribution in [0.1, 0.15) is 5.56 Å². The summed E-state index contributed by atoms with van der Waals surface area (Å²) >= 11 is 5.76. The molecule has 0 aliphatic heterocycles. The molecule has 1 aromatic heterocycles. The lowest BCUT2D eigenvalue weighted by molar-refractivity contribution is 0.580. The molecule has 0 bridgehead atoms. The van der Waals surface area contributed by atoms with Crippen molar-refractivity contribution < 1.29 is 4.39 Å². The minimum absolute atomic E-state index is 0.461. The van der Waals surface area contributed by atoms with Gasteiger partial charge in [0.25, 0.3) is 0 Å². The number of benzene rings is 1. The Hall–Kier alpha value is -1.68. The van der Waals surface area contributed by atoms with E-state index in [1.807, 2.05) is 12.1 Å². The summed E-state index contributed by atoms with van der Waals surface area (Å²) in [5.74, 6) is -0.0870. The molecule has 0 fully saturated rings. The second-order valence-electron chi connectivity index (χ2n) is 3.21. The van der Waals surface area contributed by atoms with E-state index < -0.39 is 5.95 Å². The zero-order valence-corrected chi connectivity index (χ0v) is 9.08. The average Bonchev–Trinajstić information content (AvgIpc) is 2.28. The fraction of sp³-hybridized carbons (Fsp3) is 0.0909. The Balaban J connectivity index is 1.99. The van der Waals surface area contributed by atoms with Crippen molar-refractivity contribution in [1.82, 2.24) is 9.97 Å². The van der Waals surface area contributed by atoms with Gasteiger partial charge in [-0.3, -0.25) is 0 Å². The Morgan fingerprint density at radius 3 is 2.62 bits per heavy atom. The predicted molar refractivity (Wildman–Crippen MR) is 60.8 cm³/mol. The first-order valence-corrected chi connectivity index (χ1v) is 5.08. The molecule has 5 heteroatoms. The molecule has 1 N–H and O–H groups in total. The van der Waals surface area contributed by atoms with E-state index in [-0.39, 0.29) is 0 Å². The van der Waals surface area contributed by atoms with Gasteiger partial charge in [-0.05, 0) is 17.7 Å². The van der Waals surface area contributed by atoms with Gasteiger partial charge in [0.2, 0.25) is 5.95 Å². The van der Waals surface area contributed by atoms with Crippen LogP contribution in [0.4, 0.5) is 10.2 Å². The minimum atomic E-state index is -0.548. The van der Waals surface area contributed by atoms with E-state index >= 15 is 0 Å². The van der Waals surface area contributed by atoms with Crippen LogP contribution in [-0.2, 0) is 6.54 Å². The summed E-state index contributed by atoms with van der Waals surface area (Å²) in [6, 6.07) is 8.65. The Morgan fingerprint density at radius 1 is 1.19 bits per heavy atom.